The van der Waals surface area contributed by atoms with E-state index >= 15 is 0 Å². The van der Waals surface area contributed by atoms with Gasteiger partial charge in [0.1, 0.15) is 0 Å². The fraction of sp³-hybridized carbons (Fsp3) is 0.385. The summed E-state index contributed by atoms with van der Waals surface area (Å²) in [5.41, 5.74) is 0.443. The average Bonchev–Trinajstić information content (AvgIpc) is 2.31. The van der Waals surface area contributed by atoms with Crippen molar-refractivity contribution in [3.05, 3.63) is 27.3 Å². The van der Waals surface area contributed by atoms with E-state index in [9.17, 15) is 9.59 Å². The Morgan fingerprint density at radius 3 is 2.68 bits per heavy atom. The lowest BCUT2D eigenvalue weighted by molar-refractivity contribution is -0.116. The summed E-state index contributed by atoms with van der Waals surface area (Å²) in [6.45, 7) is 4.67. The highest BCUT2D eigenvalue weighted by Crippen LogP contribution is 2.19. The van der Waals surface area contributed by atoms with Crippen LogP contribution in [0.3, 0.4) is 0 Å². The lowest BCUT2D eigenvalue weighted by atomic mass is 10.1. The van der Waals surface area contributed by atoms with E-state index in [2.05, 4.69) is 10.6 Å². The first-order valence-corrected chi connectivity index (χ1v) is 7.08. The summed E-state index contributed by atoms with van der Waals surface area (Å²) >= 11 is 2.03. The molecule has 5 nitrogen and oxygen atoms in total. The summed E-state index contributed by atoms with van der Waals surface area (Å²) in [4.78, 5) is 22.9. The minimum Gasteiger partial charge on any atom is -0.478 e. The van der Waals surface area contributed by atoms with Crippen LogP contribution in [0.5, 0.6) is 0 Å². The van der Waals surface area contributed by atoms with E-state index in [-0.39, 0.29) is 17.5 Å². The molecule has 104 valence electrons. The highest BCUT2D eigenvalue weighted by atomic mass is 127. The molecule has 19 heavy (non-hydrogen) atoms. The number of carboxylic acid groups (broad SMARTS) is 1. The van der Waals surface area contributed by atoms with Gasteiger partial charge in [-0.25, -0.2) is 4.79 Å². The first-order chi connectivity index (χ1) is 8.93. The maximum atomic E-state index is 11.8. The van der Waals surface area contributed by atoms with Crippen LogP contribution in [0.1, 0.15) is 30.6 Å². The minimum absolute atomic E-state index is 0.0575. The van der Waals surface area contributed by atoms with Gasteiger partial charge >= 0.3 is 5.97 Å². The van der Waals surface area contributed by atoms with Crippen LogP contribution in [0.4, 0.5) is 5.69 Å². The second-order valence-corrected chi connectivity index (χ2v) is 5.45. The van der Waals surface area contributed by atoms with E-state index in [1.807, 2.05) is 36.4 Å². The quantitative estimate of drug-likeness (QED) is 0.666. The monoisotopic (exact) mass is 376 g/mol. The number of halogens is 1. The summed E-state index contributed by atoms with van der Waals surface area (Å²) in [6, 6.07) is 4.96. The number of anilines is 1. The standard InChI is InChI=1S/C13H17IN2O3/c1-3-15-8(2)6-12(17)16-11-5-4-9(14)7-10(11)13(18)19/h4-5,7-8,15H,3,6H2,1-2H3,(H,16,17)(H,18,19). The van der Waals surface area contributed by atoms with Gasteiger partial charge in [-0.2, -0.15) is 0 Å². The van der Waals surface area contributed by atoms with E-state index in [0.717, 1.165) is 10.1 Å². The number of aromatic carboxylic acids is 1. The predicted octanol–water partition coefficient (Wildman–Crippen LogP) is 2.32. The molecule has 0 radical (unpaired) electrons. The highest BCUT2D eigenvalue weighted by Gasteiger charge is 2.14. The third-order valence-corrected chi connectivity index (χ3v) is 3.20. The van der Waals surface area contributed by atoms with Crippen LogP contribution in [0.15, 0.2) is 18.2 Å². The minimum atomic E-state index is -1.05. The molecule has 0 saturated carbocycles. The molecule has 0 fully saturated rings. The van der Waals surface area contributed by atoms with E-state index in [0.29, 0.717) is 12.1 Å². The van der Waals surface area contributed by atoms with Gasteiger partial charge in [-0.3, -0.25) is 4.79 Å². The zero-order chi connectivity index (χ0) is 14.4. The topological polar surface area (TPSA) is 78.4 Å². The van der Waals surface area contributed by atoms with Crippen molar-refractivity contribution in [1.29, 1.82) is 0 Å². The van der Waals surface area contributed by atoms with Crippen molar-refractivity contribution in [3.8, 4) is 0 Å². The fourth-order valence-corrected chi connectivity index (χ4v) is 2.19. The predicted molar refractivity (Wildman–Crippen MR) is 82.5 cm³/mol. The van der Waals surface area contributed by atoms with Crippen molar-refractivity contribution < 1.29 is 14.7 Å². The first-order valence-electron chi connectivity index (χ1n) is 6.00. The van der Waals surface area contributed by atoms with Gasteiger partial charge in [-0.15, -0.1) is 0 Å². The summed E-state index contributed by atoms with van der Waals surface area (Å²) in [5.74, 6) is -1.24. The van der Waals surface area contributed by atoms with E-state index < -0.39 is 5.97 Å². The third-order valence-electron chi connectivity index (χ3n) is 2.53. The highest BCUT2D eigenvalue weighted by molar-refractivity contribution is 14.1. The molecular formula is C13H17IN2O3. The van der Waals surface area contributed by atoms with Gasteiger partial charge in [0.2, 0.25) is 5.91 Å². The van der Waals surface area contributed by atoms with Crippen molar-refractivity contribution >= 4 is 40.2 Å². The largest absolute Gasteiger partial charge is 0.478 e. The second-order valence-electron chi connectivity index (χ2n) is 4.21. The molecule has 0 aliphatic rings. The molecule has 0 aliphatic carbocycles. The fourth-order valence-electron chi connectivity index (χ4n) is 1.70. The lowest BCUT2D eigenvalue weighted by Crippen LogP contribution is -2.30. The maximum Gasteiger partial charge on any atom is 0.337 e. The maximum absolute atomic E-state index is 11.8. The smallest absolute Gasteiger partial charge is 0.337 e. The summed E-state index contributed by atoms with van der Waals surface area (Å²) in [6.07, 6.45) is 0.304. The van der Waals surface area contributed by atoms with Gasteiger partial charge in [0.05, 0.1) is 11.3 Å². The third kappa shape index (κ3) is 5.15. The van der Waals surface area contributed by atoms with Crippen molar-refractivity contribution in [1.82, 2.24) is 5.32 Å². The van der Waals surface area contributed by atoms with Crippen LogP contribution in [-0.2, 0) is 4.79 Å². The van der Waals surface area contributed by atoms with Gasteiger partial charge in [-0.1, -0.05) is 6.92 Å². The number of hydrogen-bond donors (Lipinski definition) is 3. The van der Waals surface area contributed by atoms with Gasteiger partial charge in [0.25, 0.3) is 0 Å². The molecular weight excluding hydrogens is 359 g/mol. The molecule has 3 N–H and O–H groups in total. The Hall–Kier alpha value is -1.15. The normalized spacial score (nSPS) is 11.9. The molecule has 1 amide bonds. The molecule has 6 heteroatoms. The summed E-state index contributed by atoms with van der Waals surface area (Å²) < 4.78 is 0.814. The number of amides is 1. The van der Waals surface area contributed by atoms with Crippen molar-refractivity contribution in [2.24, 2.45) is 0 Å². The van der Waals surface area contributed by atoms with Crippen LogP contribution >= 0.6 is 22.6 Å². The number of carbonyl (C=O) groups is 2. The molecule has 0 aliphatic heterocycles. The van der Waals surface area contributed by atoms with Crippen molar-refractivity contribution in [2.45, 2.75) is 26.3 Å². The molecule has 0 spiro atoms. The van der Waals surface area contributed by atoms with Crippen LogP contribution in [-0.4, -0.2) is 29.6 Å². The molecule has 1 rings (SSSR count). The molecule has 0 heterocycles. The van der Waals surface area contributed by atoms with Crippen LogP contribution in [0, 0.1) is 3.57 Å². The van der Waals surface area contributed by atoms with E-state index in [1.165, 1.54) is 6.07 Å². The number of hydrogen-bond acceptors (Lipinski definition) is 3. The lowest BCUT2D eigenvalue weighted by Gasteiger charge is -2.13. The number of benzene rings is 1. The van der Waals surface area contributed by atoms with Crippen molar-refractivity contribution in [3.63, 3.8) is 0 Å². The Morgan fingerprint density at radius 1 is 1.42 bits per heavy atom. The summed E-state index contributed by atoms with van der Waals surface area (Å²) in [5, 5.41) is 14.9. The zero-order valence-electron chi connectivity index (χ0n) is 10.9. The Balaban J connectivity index is 2.76. The zero-order valence-corrected chi connectivity index (χ0v) is 13.0. The molecule has 1 aromatic carbocycles. The Labute approximate surface area is 125 Å². The van der Waals surface area contributed by atoms with Gasteiger partial charge in [0, 0.05) is 16.0 Å². The second kappa shape index (κ2) is 7.44. The molecule has 0 bridgehead atoms. The molecule has 1 aromatic rings. The number of carbonyl (C=O) groups excluding carboxylic acids is 1. The van der Waals surface area contributed by atoms with E-state index in [1.54, 1.807) is 12.1 Å². The van der Waals surface area contributed by atoms with Gasteiger partial charge < -0.3 is 15.7 Å². The molecule has 1 unspecified atom stereocenters. The SMILES string of the molecule is CCNC(C)CC(=O)Nc1ccc(I)cc1C(=O)O. The van der Waals surface area contributed by atoms with Crippen LogP contribution in [0.25, 0.3) is 0 Å². The van der Waals surface area contributed by atoms with Crippen LogP contribution < -0.4 is 10.6 Å². The molecule has 0 aromatic heterocycles. The summed E-state index contributed by atoms with van der Waals surface area (Å²) in [7, 11) is 0. The van der Waals surface area contributed by atoms with Crippen LogP contribution in [0.2, 0.25) is 0 Å². The van der Waals surface area contributed by atoms with Crippen molar-refractivity contribution in [2.75, 3.05) is 11.9 Å². The Morgan fingerprint density at radius 2 is 2.11 bits per heavy atom. The Kier molecular flexibility index (Phi) is 6.23. The van der Waals surface area contributed by atoms with E-state index in [4.69, 9.17) is 5.11 Å². The number of carboxylic acids is 1. The van der Waals surface area contributed by atoms with Gasteiger partial charge in [-0.05, 0) is 54.3 Å². The first kappa shape index (κ1) is 15.9. The van der Waals surface area contributed by atoms with Gasteiger partial charge in [0.15, 0.2) is 0 Å². The average molecular weight is 376 g/mol. The number of nitrogens with one attached hydrogen (secondary N) is 2. The Bertz CT molecular complexity index is 477. The number of rotatable bonds is 6. The molecule has 0 saturated heterocycles. The molecule has 1 atom stereocenters.